The Bertz CT molecular complexity index is 135. The molecule has 0 aromatic heterocycles. The summed E-state index contributed by atoms with van der Waals surface area (Å²) in [6, 6.07) is 0. The van der Waals surface area contributed by atoms with Crippen LogP contribution in [0.1, 0.15) is 6.92 Å². The molecule has 1 aliphatic heterocycles. The fraction of sp³-hybridized carbons (Fsp3) is 1.00. The second-order valence-corrected chi connectivity index (χ2v) is 3.67. The molecular formula is C10H23N3O. The Morgan fingerprint density at radius 2 is 1.64 bits per heavy atom. The van der Waals surface area contributed by atoms with Crippen LogP contribution in [0, 0.1) is 0 Å². The predicted octanol–water partition coefficient (Wildman–Crippen LogP) is -0.401. The molecule has 0 saturated carbocycles. The van der Waals surface area contributed by atoms with Crippen LogP contribution in [0.2, 0.25) is 0 Å². The van der Waals surface area contributed by atoms with Gasteiger partial charge >= 0.3 is 0 Å². The molecule has 1 aliphatic rings. The first-order valence-corrected chi connectivity index (χ1v) is 5.59. The quantitative estimate of drug-likeness (QED) is 0.594. The number of nitrogens with zero attached hydrogens (tertiary/aromatic N) is 2. The first kappa shape index (κ1) is 11.9. The highest BCUT2D eigenvalue weighted by atomic mass is 16.5. The summed E-state index contributed by atoms with van der Waals surface area (Å²) in [5, 5.41) is 0. The van der Waals surface area contributed by atoms with E-state index in [9.17, 15) is 0 Å². The molecule has 2 N–H and O–H groups in total. The van der Waals surface area contributed by atoms with Gasteiger partial charge in [0, 0.05) is 52.4 Å². The zero-order valence-electron chi connectivity index (χ0n) is 9.24. The third kappa shape index (κ3) is 4.37. The van der Waals surface area contributed by atoms with Crippen molar-refractivity contribution in [2.24, 2.45) is 5.73 Å². The lowest BCUT2D eigenvalue weighted by Crippen LogP contribution is -2.48. The van der Waals surface area contributed by atoms with E-state index in [4.69, 9.17) is 10.5 Å². The maximum atomic E-state index is 5.52. The molecule has 0 aromatic rings. The molecule has 4 nitrogen and oxygen atoms in total. The lowest BCUT2D eigenvalue weighted by atomic mass is 10.3. The third-order valence-corrected chi connectivity index (χ3v) is 2.67. The minimum Gasteiger partial charge on any atom is -0.380 e. The van der Waals surface area contributed by atoms with Crippen molar-refractivity contribution < 1.29 is 4.74 Å². The van der Waals surface area contributed by atoms with E-state index in [-0.39, 0.29) is 0 Å². The minimum absolute atomic E-state index is 0.777. The van der Waals surface area contributed by atoms with Crippen LogP contribution in [0.15, 0.2) is 0 Å². The Balaban J connectivity index is 2.03. The van der Waals surface area contributed by atoms with Gasteiger partial charge in [-0.1, -0.05) is 0 Å². The van der Waals surface area contributed by atoms with Crippen LogP contribution >= 0.6 is 0 Å². The van der Waals surface area contributed by atoms with Crippen LogP contribution in [-0.2, 0) is 4.74 Å². The van der Waals surface area contributed by atoms with Gasteiger partial charge in [-0.2, -0.15) is 0 Å². The highest BCUT2D eigenvalue weighted by Gasteiger charge is 2.15. The summed E-state index contributed by atoms with van der Waals surface area (Å²) < 4.78 is 5.34. The van der Waals surface area contributed by atoms with Crippen molar-refractivity contribution in [2.75, 3.05) is 59.0 Å². The third-order valence-electron chi connectivity index (χ3n) is 2.67. The zero-order valence-corrected chi connectivity index (χ0v) is 9.24. The van der Waals surface area contributed by atoms with Crippen LogP contribution in [0.5, 0.6) is 0 Å². The second-order valence-electron chi connectivity index (χ2n) is 3.67. The molecule has 1 saturated heterocycles. The van der Waals surface area contributed by atoms with Gasteiger partial charge in [-0.05, 0) is 6.92 Å². The molecule has 0 amide bonds. The molecule has 14 heavy (non-hydrogen) atoms. The first-order chi connectivity index (χ1) is 6.86. The molecule has 0 aliphatic carbocycles. The molecule has 4 heteroatoms. The van der Waals surface area contributed by atoms with Crippen LogP contribution in [-0.4, -0.2) is 68.8 Å². The Morgan fingerprint density at radius 1 is 1.07 bits per heavy atom. The van der Waals surface area contributed by atoms with E-state index in [0.717, 1.165) is 59.0 Å². The average Bonchev–Trinajstić information content (AvgIpc) is 2.21. The monoisotopic (exact) mass is 201 g/mol. The zero-order chi connectivity index (χ0) is 10.2. The molecule has 0 radical (unpaired) electrons. The summed E-state index contributed by atoms with van der Waals surface area (Å²) in [5.74, 6) is 0. The van der Waals surface area contributed by atoms with Gasteiger partial charge in [-0.25, -0.2) is 0 Å². The number of nitrogens with two attached hydrogens (primary N) is 1. The predicted molar refractivity (Wildman–Crippen MR) is 58.4 cm³/mol. The Labute approximate surface area is 87.0 Å². The van der Waals surface area contributed by atoms with Gasteiger partial charge in [0.05, 0.1) is 6.61 Å². The minimum atomic E-state index is 0.777. The Kier molecular flexibility index (Phi) is 6.10. The fourth-order valence-electron chi connectivity index (χ4n) is 1.76. The summed E-state index contributed by atoms with van der Waals surface area (Å²) in [6.45, 7) is 11.3. The van der Waals surface area contributed by atoms with Gasteiger partial charge in [0.1, 0.15) is 0 Å². The number of ether oxygens (including phenoxy) is 1. The molecule has 0 bridgehead atoms. The van der Waals surface area contributed by atoms with E-state index < -0.39 is 0 Å². The Morgan fingerprint density at radius 3 is 2.14 bits per heavy atom. The van der Waals surface area contributed by atoms with Gasteiger partial charge in [0.25, 0.3) is 0 Å². The number of hydrogen-bond acceptors (Lipinski definition) is 4. The molecular weight excluding hydrogens is 178 g/mol. The molecule has 0 spiro atoms. The van der Waals surface area contributed by atoms with Crippen molar-refractivity contribution in [3.05, 3.63) is 0 Å². The van der Waals surface area contributed by atoms with E-state index in [1.807, 2.05) is 6.92 Å². The molecule has 0 unspecified atom stereocenters. The second kappa shape index (κ2) is 7.17. The molecule has 1 fully saturated rings. The summed E-state index contributed by atoms with van der Waals surface area (Å²) in [6.07, 6.45) is 0. The van der Waals surface area contributed by atoms with E-state index >= 15 is 0 Å². The van der Waals surface area contributed by atoms with Gasteiger partial charge < -0.3 is 10.5 Å². The van der Waals surface area contributed by atoms with Crippen LogP contribution in [0.3, 0.4) is 0 Å². The SMILES string of the molecule is CCOCCN1CCN(CCN)CC1. The summed E-state index contributed by atoms with van der Waals surface area (Å²) in [5.41, 5.74) is 5.52. The lowest BCUT2D eigenvalue weighted by Gasteiger charge is -2.34. The topological polar surface area (TPSA) is 41.7 Å². The Hall–Kier alpha value is -0.160. The molecule has 84 valence electrons. The van der Waals surface area contributed by atoms with Crippen LogP contribution < -0.4 is 5.73 Å². The highest BCUT2D eigenvalue weighted by molar-refractivity contribution is 4.71. The van der Waals surface area contributed by atoms with Crippen molar-refractivity contribution in [3.63, 3.8) is 0 Å². The molecule has 0 atom stereocenters. The van der Waals surface area contributed by atoms with Crippen molar-refractivity contribution >= 4 is 0 Å². The van der Waals surface area contributed by atoms with Gasteiger partial charge in [0.2, 0.25) is 0 Å². The average molecular weight is 201 g/mol. The lowest BCUT2D eigenvalue weighted by molar-refractivity contribution is 0.0819. The van der Waals surface area contributed by atoms with Gasteiger partial charge in [0.15, 0.2) is 0 Å². The first-order valence-electron chi connectivity index (χ1n) is 5.59. The number of piperazine rings is 1. The standard InChI is InChI=1S/C10H23N3O/c1-2-14-10-9-13-7-5-12(4-3-11)6-8-13/h2-11H2,1H3. The van der Waals surface area contributed by atoms with Crippen LogP contribution in [0.25, 0.3) is 0 Å². The maximum absolute atomic E-state index is 5.52. The van der Waals surface area contributed by atoms with Crippen LogP contribution in [0.4, 0.5) is 0 Å². The smallest absolute Gasteiger partial charge is 0.0593 e. The summed E-state index contributed by atoms with van der Waals surface area (Å²) >= 11 is 0. The van der Waals surface area contributed by atoms with Crippen molar-refractivity contribution in [1.82, 2.24) is 9.80 Å². The van der Waals surface area contributed by atoms with E-state index in [1.54, 1.807) is 0 Å². The highest BCUT2D eigenvalue weighted by Crippen LogP contribution is 2.00. The van der Waals surface area contributed by atoms with Gasteiger partial charge in [-0.15, -0.1) is 0 Å². The fourth-order valence-corrected chi connectivity index (χ4v) is 1.76. The van der Waals surface area contributed by atoms with E-state index in [1.165, 1.54) is 0 Å². The molecule has 0 aromatic carbocycles. The number of rotatable bonds is 6. The van der Waals surface area contributed by atoms with E-state index in [2.05, 4.69) is 9.80 Å². The molecule has 1 rings (SSSR count). The molecule has 1 heterocycles. The largest absolute Gasteiger partial charge is 0.380 e. The van der Waals surface area contributed by atoms with E-state index in [0.29, 0.717) is 0 Å². The van der Waals surface area contributed by atoms with Crippen molar-refractivity contribution in [2.45, 2.75) is 6.92 Å². The van der Waals surface area contributed by atoms with Crippen molar-refractivity contribution in [1.29, 1.82) is 0 Å². The number of hydrogen-bond donors (Lipinski definition) is 1. The van der Waals surface area contributed by atoms with Gasteiger partial charge in [-0.3, -0.25) is 9.80 Å². The normalized spacial score (nSPS) is 20.1. The maximum Gasteiger partial charge on any atom is 0.0593 e. The summed E-state index contributed by atoms with van der Waals surface area (Å²) in [4.78, 5) is 4.89. The van der Waals surface area contributed by atoms with Crippen molar-refractivity contribution in [3.8, 4) is 0 Å². The summed E-state index contributed by atoms with van der Waals surface area (Å²) in [7, 11) is 0.